The van der Waals surface area contributed by atoms with E-state index in [1.54, 1.807) is 12.3 Å². The molecule has 0 aromatic carbocycles. The minimum Gasteiger partial charge on any atom is -0.367 e. The quantitative estimate of drug-likeness (QED) is 0.766. The Bertz CT molecular complexity index is 913. The number of hydrogen-bond donors (Lipinski definition) is 0. The number of carbonyl (C=O) groups is 1. The van der Waals surface area contributed by atoms with Crippen molar-refractivity contribution < 1.29 is 14.1 Å². The van der Waals surface area contributed by atoms with Crippen LogP contribution in [-0.4, -0.2) is 52.7 Å². The average Bonchev–Trinajstić information content (AvgIpc) is 3.14. The van der Waals surface area contributed by atoms with E-state index in [2.05, 4.69) is 28.0 Å². The maximum absolute atomic E-state index is 12.7. The van der Waals surface area contributed by atoms with Gasteiger partial charge in [-0.2, -0.15) is 5.26 Å². The van der Waals surface area contributed by atoms with Crippen LogP contribution in [0, 0.1) is 31.1 Å². The first-order valence-corrected chi connectivity index (χ1v) is 9.89. The summed E-state index contributed by atoms with van der Waals surface area (Å²) in [5.74, 6) is 2.09. The van der Waals surface area contributed by atoms with Crippen molar-refractivity contribution in [2.45, 2.75) is 45.9 Å². The lowest BCUT2D eigenvalue weighted by Gasteiger charge is -2.42. The van der Waals surface area contributed by atoms with Gasteiger partial charge in [0.15, 0.2) is 0 Å². The summed E-state index contributed by atoms with van der Waals surface area (Å²) in [5, 5.41) is 12.9. The molecular weight excluding hydrogens is 370 g/mol. The standard InChI is InChI=1S/C21H25N5O3/c1-13-6-17-9-25(21(27)12-28-11-18-14(2)24-29-15(18)3)10-19(13)26(17)20-5-4-16(7-22)8-23-20/h4-5,8,13,17,19H,6,9-12H2,1-3H3/t13-,17?,19?/m0/s1. The summed E-state index contributed by atoms with van der Waals surface area (Å²) in [6, 6.07) is 6.26. The Morgan fingerprint density at radius 2 is 2.21 bits per heavy atom. The van der Waals surface area contributed by atoms with Gasteiger partial charge in [0.2, 0.25) is 5.91 Å². The molecule has 4 rings (SSSR count). The number of nitriles is 1. The molecule has 3 atom stereocenters. The molecule has 2 aromatic heterocycles. The minimum atomic E-state index is 0.00768. The Morgan fingerprint density at radius 3 is 2.83 bits per heavy atom. The number of hydrogen-bond acceptors (Lipinski definition) is 7. The second-order valence-corrected chi connectivity index (χ2v) is 7.95. The van der Waals surface area contributed by atoms with Crippen molar-refractivity contribution in [3.63, 3.8) is 0 Å². The van der Waals surface area contributed by atoms with Crippen LogP contribution in [0.4, 0.5) is 5.82 Å². The lowest BCUT2D eigenvalue weighted by atomic mass is 10.0. The van der Waals surface area contributed by atoms with Crippen LogP contribution in [0.3, 0.4) is 0 Å². The van der Waals surface area contributed by atoms with Crippen LogP contribution >= 0.6 is 0 Å². The van der Waals surface area contributed by atoms with Crippen LogP contribution in [0.15, 0.2) is 22.9 Å². The zero-order valence-corrected chi connectivity index (χ0v) is 17.0. The van der Waals surface area contributed by atoms with Gasteiger partial charge in [-0.15, -0.1) is 0 Å². The molecule has 2 aliphatic rings. The molecule has 1 amide bonds. The number of carbonyl (C=O) groups excluding carboxylic acids is 1. The molecule has 2 bridgehead atoms. The number of aromatic nitrogens is 2. The van der Waals surface area contributed by atoms with Crippen LogP contribution in [-0.2, 0) is 16.1 Å². The van der Waals surface area contributed by atoms with E-state index in [-0.39, 0.29) is 24.6 Å². The highest BCUT2D eigenvalue weighted by Gasteiger charge is 2.45. The lowest BCUT2D eigenvalue weighted by Crippen LogP contribution is -2.57. The summed E-state index contributed by atoms with van der Waals surface area (Å²) < 4.78 is 10.8. The van der Waals surface area contributed by atoms with Crippen LogP contribution in [0.1, 0.15) is 35.9 Å². The molecule has 0 saturated carbocycles. The van der Waals surface area contributed by atoms with Crippen LogP contribution in [0.2, 0.25) is 0 Å². The number of rotatable bonds is 5. The fourth-order valence-electron chi connectivity index (χ4n) is 4.44. The van der Waals surface area contributed by atoms with Crippen molar-refractivity contribution >= 4 is 11.7 Å². The molecule has 29 heavy (non-hydrogen) atoms. The van der Waals surface area contributed by atoms with Crippen molar-refractivity contribution in [2.75, 3.05) is 24.6 Å². The third kappa shape index (κ3) is 3.70. The molecule has 152 valence electrons. The maximum Gasteiger partial charge on any atom is 0.248 e. The summed E-state index contributed by atoms with van der Waals surface area (Å²) in [4.78, 5) is 21.4. The van der Waals surface area contributed by atoms with Gasteiger partial charge < -0.3 is 19.1 Å². The highest BCUT2D eigenvalue weighted by Crippen LogP contribution is 2.37. The predicted molar refractivity (Wildman–Crippen MR) is 105 cm³/mol. The number of pyridine rings is 1. The van der Waals surface area contributed by atoms with E-state index in [1.165, 1.54) is 0 Å². The Morgan fingerprint density at radius 1 is 1.38 bits per heavy atom. The summed E-state index contributed by atoms with van der Waals surface area (Å²) in [7, 11) is 0. The lowest BCUT2D eigenvalue weighted by molar-refractivity contribution is -0.137. The topological polar surface area (TPSA) is 95.5 Å². The van der Waals surface area contributed by atoms with Crippen molar-refractivity contribution in [1.82, 2.24) is 15.0 Å². The highest BCUT2D eigenvalue weighted by molar-refractivity contribution is 5.78. The van der Waals surface area contributed by atoms with Crippen LogP contribution < -0.4 is 4.90 Å². The van der Waals surface area contributed by atoms with Crippen molar-refractivity contribution in [3.05, 3.63) is 40.9 Å². The first-order valence-electron chi connectivity index (χ1n) is 9.89. The molecule has 2 saturated heterocycles. The smallest absolute Gasteiger partial charge is 0.248 e. The second kappa shape index (κ2) is 7.84. The number of nitrogens with zero attached hydrogens (tertiary/aromatic N) is 5. The van der Waals surface area contributed by atoms with Gasteiger partial charge in [0.1, 0.15) is 24.3 Å². The monoisotopic (exact) mass is 395 g/mol. The van der Waals surface area contributed by atoms with Crippen molar-refractivity contribution in [3.8, 4) is 6.07 Å². The van der Waals surface area contributed by atoms with Gasteiger partial charge in [0, 0.05) is 30.9 Å². The van der Waals surface area contributed by atoms with E-state index >= 15 is 0 Å². The zero-order valence-electron chi connectivity index (χ0n) is 17.0. The molecule has 2 aromatic rings. The maximum atomic E-state index is 12.7. The Hall–Kier alpha value is -2.92. The molecule has 2 aliphatic heterocycles. The molecule has 4 heterocycles. The van der Waals surface area contributed by atoms with E-state index in [1.807, 2.05) is 24.8 Å². The highest BCUT2D eigenvalue weighted by atomic mass is 16.5. The van der Waals surface area contributed by atoms with Gasteiger partial charge >= 0.3 is 0 Å². The van der Waals surface area contributed by atoms with E-state index in [0.717, 1.165) is 29.3 Å². The second-order valence-electron chi connectivity index (χ2n) is 7.95. The third-order valence-electron chi connectivity index (χ3n) is 6.04. The van der Waals surface area contributed by atoms with Crippen molar-refractivity contribution in [1.29, 1.82) is 5.26 Å². The van der Waals surface area contributed by atoms with E-state index in [9.17, 15) is 4.79 Å². The van der Waals surface area contributed by atoms with Gasteiger partial charge in [-0.25, -0.2) is 4.98 Å². The Kier molecular flexibility index (Phi) is 5.24. The number of fused-ring (bicyclic) bond motifs is 2. The number of aryl methyl sites for hydroxylation is 2. The zero-order chi connectivity index (χ0) is 20.5. The molecule has 0 N–H and O–H groups in total. The van der Waals surface area contributed by atoms with Gasteiger partial charge in [0.25, 0.3) is 0 Å². The van der Waals surface area contributed by atoms with Crippen molar-refractivity contribution in [2.24, 2.45) is 5.92 Å². The number of likely N-dealkylation sites (tertiary alicyclic amines) is 1. The molecule has 0 radical (unpaired) electrons. The SMILES string of the molecule is Cc1noc(C)c1COCC(=O)N1CC2C[C@H](C)C(C1)N2c1ccc(C#N)cn1. The van der Waals surface area contributed by atoms with Gasteiger partial charge in [0.05, 0.1) is 23.9 Å². The summed E-state index contributed by atoms with van der Waals surface area (Å²) in [6.07, 6.45) is 2.63. The van der Waals surface area contributed by atoms with Gasteiger partial charge in [-0.3, -0.25) is 4.79 Å². The fraction of sp³-hybridized carbons (Fsp3) is 0.524. The van der Waals surface area contributed by atoms with Gasteiger partial charge in [-0.05, 0) is 38.3 Å². The minimum absolute atomic E-state index is 0.00768. The first kappa shape index (κ1) is 19.4. The molecule has 0 spiro atoms. The molecular formula is C21H25N5O3. The number of ether oxygens (including phenoxy) is 1. The molecule has 2 unspecified atom stereocenters. The summed E-state index contributed by atoms with van der Waals surface area (Å²) >= 11 is 0. The Labute approximate surface area is 170 Å². The van der Waals surface area contributed by atoms with Crippen LogP contribution in [0.25, 0.3) is 0 Å². The fourth-order valence-corrected chi connectivity index (χ4v) is 4.44. The van der Waals surface area contributed by atoms with Crippen LogP contribution in [0.5, 0.6) is 0 Å². The van der Waals surface area contributed by atoms with Gasteiger partial charge in [-0.1, -0.05) is 12.1 Å². The largest absolute Gasteiger partial charge is 0.367 e. The summed E-state index contributed by atoms with van der Waals surface area (Å²) in [5.41, 5.74) is 2.26. The molecule has 8 nitrogen and oxygen atoms in total. The first-order chi connectivity index (χ1) is 14.0. The number of anilines is 1. The van der Waals surface area contributed by atoms with E-state index in [4.69, 9.17) is 14.5 Å². The predicted octanol–water partition coefficient (Wildman–Crippen LogP) is 2.20. The van der Waals surface area contributed by atoms with E-state index < -0.39 is 0 Å². The normalized spacial score (nSPS) is 23.3. The Balaban J connectivity index is 1.38. The molecule has 2 fully saturated rings. The number of amides is 1. The summed E-state index contributed by atoms with van der Waals surface area (Å²) in [6.45, 7) is 7.63. The molecule has 8 heteroatoms. The van der Waals surface area contributed by atoms with E-state index in [0.29, 0.717) is 31.2 Å². The third-order valence-corrected chi connectivity index (χ3v) is 6.04. The average molecular weight is 395 g/mol. The molecule has 0 aliphatic carbocycles. The number of piperazine rings is 1.